The molecule has 0 saturated heterocycles. The number of thiophene rings is 1. The molecule has 0 bridgehead atoms. The molecular formula is C14H16BrNS. The summed E-state index contributed by atoms with van der Waals surface area (Å²) < 4.78 is 1.19. The summed E-state index contributed by atoms with van der Waals surface area (Å²) in [7, 11) is 0. The summed E-state index contributed by atoms with van der Waals surface area (Å²) in [6.07, 6.45) is 0. The predicted molar refractivity (Wildman–Crippen MR) is 78.5 cm³/mol. The fraction of sp³-hybridized carbons (Fsp3) is 0.286. The molecule has 90 valence electrons. The summed E-state index contributed by atoms with van der Waals surface area (Å²) in [4.78, 5) is 1.36. The fourth-order valence-corrected chi connectivity index (χ4v) is 3.11. The highest BCUT2D eigenvalue weighted by Gasteiger charge is 2.05. The normalized spacial score (nSPS) is 12.6. The lowest BCUT2D eigenvalue weighted by atomic mass is 10.1. The minimum atomic E-state index is 0.386. The van der Waals surface area contributed by atoms with Crippen LogP contribution in [0.25, 0.3) is 0 Å². The third kappa shape index (κ3) is 3.66. The first-order chi connectivity index (χ1) is 8.15. The Bertz CT molecular complexity index is 475. The Labute approximate surface area is 115 Å². The van der Waals surface area contributed by atoms with Crippen LogP contribution < -0.4 is 5.32 Å². The zero-order valence-electron chi connectivity index (χ0n) is 10.0. The van der Waals surface area contributed by atoms with Crippen molar-refractivity contribution in [3.05, 3.63) is 56.2 Å². The maximum absolute atomic E-state index is 3.54. The van der Waals surface area contributed by atoms with Crippen LogP contribution in [0.3, 0.4) is 0 Å². The van der Waals surface area contributed by atoms with E-state index < -0.39 is 0 Å². The van der Waals surface area contributed by atoms with E-state index in [-0.39, 0.29) is 0 Å². The van der Waals surface area contributed by atoms with E-state index in [2.05, 4.69) is 71.5 Å². The Kier molecular flexibility index (Phi) is 4.37. The van der Waals surface area contributed by atoms with Gasteiger partial charge in [-0.25, -0.2) is 0 Å². The molecule has 1 unspecified atom stereocenters. The van der Waals surface area contributed by atoms with E-state index in [0.717, 1.165) is 6.54 Å². The molecule has 0 fully saturated rings. The van der Waals surface area contributed by atoms with Gasteiger partial charge in [0.15, 0.2) is 0 Å². The molecule has 17 heavy (non-hydrogen) atoms. The third-order valence-corrected chi connectivity index (χ3v) is 4.41. The molecule has 2 rings (SSSR count). The van der Waals surface area contributed by atoms with Crippen LogP contribution in [0.5, 0.6) is 0 Å². The largest absolute Gasteiger partial charge is 0.305 e. The van der Waals surface area contributed by atoms with E-state index in [0.29, 0.717) is 6.04 Å². The molecule has 2 aromatic rings. The Morgan fingerprint density at radius 1 is 1.18 bits per heavy atom. The maximum Gasteiger partial charge on any atom is 0.0701 e. The molecule has 1 atom stereocenters. The van der Waals surface area contributed by atoms with Crippen molar-refractivity contribution in [1.29, 1.82) is 0 Å². The molecule has 1 N–H and O–H groups in total. The number of rotatable bonds is 4. The second-order valence-electron chi connectivity index (χ2n) is 4.22. The van der Waals surface area contributed by atoms with E-state index in [1.807, 2.05) is 0 Å². The van der Waals surface area contributed by atoms with Crippen molar-refractivity contribution >= 4 is 27.3 Å². The van der Waals surface area contributed by atoms with Crippen molar-refractivity contribution in [2.75, 3.05) is 0 Å². The third-order valence-electron chi connectivity index (χ3n) is 2.79. The second kappa shape index (κ2) is 5.80. The highest BCUT2D eigenvalue weighted by molar-refractivity contribution is 9.11. The monoisotopic (exact) mass is 309 g/mol. The first kappa shape index (κ1) is 12.8. The van der Waals surface area contributed by atoms with Crippen LogP contribution in [0.15, 0.2) is 40.2 Å². The van der Waals surface area contributed by atoms with Gasteiger partial charge in [-0.3, -0.25) is 0 Å². The van der Waals surface area contributed by atoms with E-state index in [1.54, 1.807) is 11.3 Å². The van der Waals surface area contributed by atoms with Crippen LogP contribution in [-0.4, -0.2) is 0 Å². The van der Waals surface area contributed by atoms with Gasteiger partial charge in [0.05, 0.1) is 3.79 Å². The number of benzene rings is 1. The molecule has 1 aromatic carbocycles. The van der Waals surface area contributed by atoms with Gasteiger partial charge < -0.3 is 5.32 Å². The average molecular weight is 310 g/mol. The summed E-state index contributed by atoms with van der Waals surface area (Å²) in [5.41, 5.74) is 2.65. The smallest absolute Gasteiger partial charge is 0.0701 e. The molecule has 3 heteroatoms. The first-order valence-electron chi connectivity index (χ1n) is 5.69. The molecule has 0 saturated carbocycles. The topological polar surface area (TPSA) is 12.0 Å². The molecule has 1 aromatic heterocycles. The zero-order valence-corrected chi connectivity index (χ0v) is 12.4. The van der Waals surface area contributed by atoms with Gasteiger partial charge in [-0.2, -0.15) is 0 Å². The predicted octanol–water partition coefficient (Wildman–Crippen LogP) is 4.67. The van der Waals surface area contributed by atoms with Crippen molar-refractivity contribution in [2.24, 2.45) is 0 Å². The lowest BCUT2D eigenvalue weighted by molar-refractivity contribution is 0.579. The quantitative estimate of drug-likeness (QED) is 0.865. The maximum atomic E-state index is 3.54. The Hall–Kier alpha value is -0.640. The summed E-state index contributed by atoms with van der Waals surface area (Å²) in [6.45, 7) is 5.24. The summed E-state index contributed by atoms with van der Waals surface area (Å²) in [5.74, 6) is 0. The highest BCUT2D eigenvalue weighted by Crippen LogP contribution is 2.22. The van der Waals surface area contributed by atoms with Crippen LogP contribution in [0, 0.1) is 6.92 Å². The molecule has 1 nitrogen and oxygen atoms in total. The molecule has 0 aliphatic rings. The van der Waals surface area contributed by atoms with Gasteiger partial charge in [0.2, 0.25) is 0 Å². The van der Waals surface area contributed by atoms with Crippen molar-refractivity contribution < 1.29 is 0 Å². The van der Waals surface area contributed by atoms with Crippen molar-refractivity contribution in [3.63, 3.8) is 0 Å². The summed E-state index contributed by atoms with van der Waals surface area (Å²) >= 11 is 5.26. The zero-order chi connectivity index (χ0) is 12.3. The van der Waals surface area contributed by atoms with Gasteiger partial charge in [-0.05, 0) is 47.5 Å². The Morgan fingerprint density at radius 2 is 1.88 bits per heavy atom. The molecule has 0 radical (unpaired) electrons. The molecular weight excluding hydrogens is 294 g/mol. The van der Waals surface area contributed by atoms with Crippen LogP contribution >= 0.6 is 27.3 Å². The second-order valence-corrected chi connectivity index (χ2v) is 6.77. The molecule has 0 spiro atoms. The lowest BCUT2D eigenvalue weighted by Crippen LogP contribution is -2.17. The van der Waals surface area contributed by atoms with Gasteiger partial charge in [-0.1, -0.05) is 29.8 Å². The van der Waals surface area contributed by atoms with Crippen LogP contribution in [0.2, 0.25) is 0 Å². The van der Waals surface area contributed by atoms with Gasteiger partial charge in [0.1, 0.15) is 0 Å². The minimum Gasteiger partial charge on any atom is -0.305 e. The van der Waals surface area contributed by atoms with Crippen molar-refractivity contribution in [1.82, 2.24) is 5.32 Å². The number of aryl methyl sites for hydroxylation is 1. The Morgan fingerprint density at radius 3 is 2.47 bits per heavy atom. The first-order valence-corrected chi connectivity index (χ1v) is 7.30. The van der Waals surface area contributed by atoms with Gasteiger partial charge in [-0.15, -0.1) is 11.3 Å². The van der Waals surface area contributed by atoms with Crippen LogP contribution in [0.1, 0.15) is 29.0 Å². The van der Waals surface area contributed by atoms with Gasteiger partial charge >= 0.3 is 0 Å². The molecule has 0 aliphatic carbocycles. The molecule has 0 aliphatic heterocycles. The number of halogens is 1. The minimum absolute atomic E-state index is 0.386. The summed E-state index contributed by atoms with van der Waals surface area (Å²) in [5, 5.41) is 3.54. The van der Waals surface area contributed by atoms with E-state index in [4.69, 9.17) is 0 Å². The summed E-state index contributed by atoms with van der Waals surface area (Å²) in [6, 6.07) is 13.3. The van der Waals surface area contributed by atoms with E-state index in [1.165, 1.54) is 19.8 Å². The van der Waals surface area contributed by atoms with Crippen molar-refractivity contribution in [3.8, 4) is 0 Å². The fourth-order valence-electron chi connectivity index (χ4n) is 1.67. The number of hydrogen-bond donors (Lipinski definition) is 1. The Balaban J connectivity index is 1.93. The number of hydrogen-bond acceptors (Lipinski definition) is 2. The SMILES string of the molecule is Cc1ccc(C(C)NCc2ccc(Br)s2)cc1. The van der Waals surface area contributed by atoms with Crippen LogP contribution in [-0.2, 0) is 6.54 Å². The number of nitrogens with one attached hydrogen (secondary N) is 1. The standard InChI is InChI=1S/C14H16BrNS/c1-10-3-5-12(6-4-10)11(2)16-9-13-7-8-14(15)17-13/h3-8,11,16H,9H2,1-2H3. The van der Waals surface area contributed by atoms with Crippen molar-refractivity contribution in [2.45, 2.75) is 26.4 Å². The van der Waals surface area contributed by atoms with Gasteiger partial charge in [0, 0.05) is 17.5 Å². The molecule has 1 heterocycles. The lowest BCUT2D eigenvalue weighted by Gasteiger charge is -2.13. The molecule has 0 amide bonds. The van der Waals surface area contributed by atoms with Gasteiger partial charge in [0.25, 0.3) is 0 Å². The van der Waals surface area contributed by atoms with E-state index in [9.17, 15) is 0 Å². The average Bonchev–Trinajstić information content (AvgIpc) is 2.73. The highest BCUT2D eigenvalue weighted by atomic mass is 79.9. The van der Waals surface area contributed by atoms with E-state index >= 15 is 0 Å². The van der Waals surface area contributed by atoms with Crippen LogP contribution in [0.4, 0.5) is 0 Å².